The highest BCUT2D eigenvalue weighted by Crippen LogP contribution is 2.35. The summed E-state index contributed by atoms with van der Waals surface area (Å²) in [5, 5.41) is 12.5. The number of amides is 2. The number of aromatic amines is 2. The molecular formula is C38H54N8O2. The molecule has 10 nitrogen and oxygen atoms in total. The first kappa shape index (κ1) is 36.6. The summed E-state index contributed by atoms with van der Waals surface area (Å²) in [5.74, 6) is 1.27. The van der Waals surface area contributed by atoms with Gasteiger partial charge in [0.25, 0.3) is 0 Å². The van der Waals surface area contributed by atoms with E-state index in [0.717, 1.165) is 45.3 Å². The number of carbonyl (C=O) groups is 2. The molecule has 0 saturated carbocycles. The van der Waals surface area contributed by atoms with Crippen LogP contribution in [0.15, 0.2) is 60.9 Å². The molecular weight excluding hydrogens is 600 g/mol. The van der Waals surface area contributed by atoms with Crippen LogP contribution in [0.5, 0.6) is 0 Å². The topological polar surface area (TPSA) is 140 Å². The summed E-state index contributed by atoms with van der Waals surface area (Å²) in [6.07, 6.45) is 3.78. The number of aromatic nitrogens is 4. The predicted octanol–water partition coefficient (Wildman–Crippen LogP) is 6.54. The molecule has 2 amide bonds. The van der Waals surface area contributed by atoms with Gasteiger partial charge in [-0.05, 0) is 63.7 Å². The average Bonchev–Trinajstić information content (AvgIpc) is 3.72. The molecule has 4 aromatic rings. The van der Waals surface area contributed by atoms with Crippen LogP contribution in [0.25, 0.3) is 33.6 Å². The highest BCUT2D eigenvalue weighted by Gasteiger charge is 2.36. The molecule has 0 aliphatic heterocycles. The SMILES string of the molecule is CNC(C)(C)C(=O)NC(c1nc(-c2ccc(-c3ccc(-c4c[nH]c(C(NC(=O)C(C)(C)NC)C(C)(C)C)n4)cc3)cc2)c[nH]1)C(C)(C)C. The van der Waals surface area contributed by atoms with E-state index in [-0.39, 0.29) is 34.7 Å². The quantitative estimate of drug-likeness (QED) is 0.109. The van der Waals surface area contributed by atoms with Crippen LogP contribution < -0.4 is 21.3 Å². The summed E-state index contributed by atoms with van der Waals surface area (Å²) in [5.41, 5.74) is 3.85. The second-order valence-corrected chi connectivity index (χ2v) is 15.8. The zero-order chi connectivity index (χ0) is 35.7. The van der Waals surface area contributed by atoms with Crippen LogP contribution >= 0.6 is 0 Å². The number of hydrogen-bond acceptors (Lipinski definition) is 6. The molecule has 10 heteroatoms. The summed E-state index contributed by atoms with van der Waals surface area (Å²) >= 11 is 0. The second-order valence-electron chi connectivity index (χ2n) is 15.8. The molecule has 0 aliphatic rings. The maximum absolute atomic E-state index is 13.0. The van der Waals surface area contributed by atoms with E-state index in [1.807, 2.05) is 40.1 Å². The zero-order valence-electron chi connectivity index (χ0n) is 30.6. The van der Waals surface area contributed by atoms with E-state index in [0.29, 0.717) is 0 Å². The van der Waals surface area contributed by atoms with E-state index in [1.54, 1.807) is 14.1 Å². The van der Waals surface area contributed by atoms with Crippen LogP contribution in [0.3, 0.4) is 0 Å². The number of H-pyrrole nitrogens is 2. The average molecular weight is 655 g/mol. The molecule has 0 bridgehead atoms. The molecule has 2 atom stereocenters. The van der Waals surface area contributed by atoms with Gasteiger partial charge in [0.05, 0.1) is 34.5 Å². The van der Waals surface area contributed by atoms with E-state index in [4.69, 9.17) is 9.97 Å². The lowest BCUT2D eigenvalue weighted by molar-refractivity contribution is -0.128. The Hall–Kier alpha value is -4.28. The van der Waals surface area contributed by atoms with Crippen molar-refractivity contribution >= 4 is 11.8 Å². The van der Waals surface area contributed by atoms with Crippen molar-refractivity contribution in [2.24, 2.45) is 10.8 Å². The Morgan fingerprint density at radius 2 is 0.833 bits per heavy atom. The number of imidazole rings is 2. The molecule has 48 heavy (non-hydrogen) atoms. The van der Waals surface area contributed by atoms with Crippen LogP contribution in [-0.4, -0.2) is 56.9 Å². The number of benzene rings is 2. The summed E-state index contributed by atoms with van der Waals surface area (Å²) in [6, 6.07) is 16.0. The predicted molar refractivity (Wildman–Crippen MR) is 194 cm³/mol. The Bertz CT molecular complexity index is 1570. The Labute approximate surface area is 285 Å². The molecule has 2 heterocycles. The maximum Gasteiger partial charge on any atom is 0.240 e. The van der Waals surface area contributed by atoms with Gasteiger partial charge < -0.3 is 31.2 Å². The molecule has 2 aromatic heterocycles. The van der Waals surface area contributed by atoms with Crippen molar-refractivity contribution < 1.29 is 9.59 Å². The number of hydrogen-bond donors (Lipinski definition) is 6. The monoisotopic (exact) mass is 654 g/mol. The Morgan fingerprint density at radius 3 is 1.10 bits per heavy atom. The van der Waals surface area contributed by atoms with Crippen LogP contribution in [-0.2, 0) is 9.59 Å². The van der Waals surface area contributed by atoms with Gasteiger partial charge in [0.2, 0.25) is 11.8 Å². The summed E-state index contributed by atoms with van der Waals surface area (Å²) in [6.45, 7) is 20.0. The van der Waals surface area contributed by atoms with E-state index in [2.05, 4.69) is 121 Å². The fraction of sp³-hybridized carbons (Fsp3) is 0.474. The van der Waals surface area contributed by atoms with Crippen molar-refractivity contribution in [3.8, 4) is 33.6 Å². The third-order valence-electron chi connectivity index (χ3n) is 9.11. The molecule has 2 aromatic carbocycles. The van der Waals surface area contributed by atoms with Crippen LogP contribution in [0.4, 0.5) is 0 Å². The third kappa shape index (κ3) is 8.22. The summed E-state index contributed by atoms with van der Waals surface area (Å²) in [7, 11) is 3.56. The van der Waals surface area contributed by atoms with Crippen molar-refractivity contribution in [2.45, 2.75) is 92.4 Å². The van der Waals surface area contributed by atoms with Crippen LogP contribution in [0, 0.1) is 10.8 Å². The number of rotatable bonds is 11. The first-order valence-electron chi connectivity index (χ1n) is 16.6. The first-order chi connectivity index (χ1) is 22.3. The van der Waals surface area contributed by atoms with Gasteiger partial charge in [-0.25, -0.2) is 9.97 Å². The minimum absolute atomic E-state index is 0.0853. The van der Waals surface area contributed by atoms with Crippen molar-refractivity contribution in [1.29, 1.82) is 0 Å². The standard InChI is InChI=1S/C38H54N8O2/c1-35(2,3)29(45-33(47)37(7,8)39-11)31-41-21-27(43-31)25-17-13-23(14-18-25)24-15-19-26(20-16-24)28-22-42-32(44-28)30(36(4,5)6)46-34(48)38(9,10)40-12/h13-22,29-30,39-40H,1-12H3,(H,41,43)(H,42,44)(H,45,47)(H,46,48). The number of carbonyl (C=O) groups excluding carboxylic acids is 2. The molecule has 2 unspecified atom stereocenters. The van der Waals surface area contributed by atoms with Gasteiger partial charge >= 0.3 is 0 Å². The van der Waals surface area contributed by atoms with Gasteiger partial charge in [0, 0.05) is 23.5 Å². The fourth-order valence-corrected chi connectivity index (χ4v) is 5.17. The molecule has 4 rings (SSSR count). The molecule has 0 saturated heterocycles. The summed E-state index contributed by atoms with van der Waals surface area (Å²) in [4.78, 5) is 42.4. The highest BCUT2D eigenvalue weighted by molar-refractivity contribution is 5.86. The molecule has 0 spiro atoms. The fourth-order valence-electron chi connectivity index (χ4n) is 5.17. The number of nitrogens with zero attached hydrogens (tertiary/aromatic N) is 2. The Balaban J connectivity index is 1.50. The zero-order valence-corrected chi connectivity index (χ0v) is 30.6. The number of nitrogens with one attached hydrogen (secondary N) is 6. The van der Waals surface area contributed by atoms with Crippen molar-refractivity contribution in [3.05, 3.63) is 72.6 Å². The molecule has 258 valence electrons. The smallest absolute Gasteiger partial charge is 0.240 e. The van der Waals surface area contributed by atoms with Crippen molar-refractivity contribution in [3.63, 3.8) is 0 Å². The van der Waals surface area contributed by atoms with Gasteiger partial charge in [-0.2, -0.15) is 0 Å². The van der Waals surface area contributed by atoms with E-state index in [1.165, 1.54) is 0 Å². The molecule has 0 aliphatic carbocycles. The van der Waals surface area contributed by atoms with Gasteiger partial charge in [-0.3, -0.25) is 9.59 Å². The van der Waals surface area contributed by atoms with Gasteiger partial charge in [0.15, 0.2) is 0 Å². The minimum atomic E-state index is -0.702. The van der Waals surface area contributed by atoms with Gasteiger partial charge in [0.1, 0.15) is 11.6 Å². The van der Waals surface area contributed by atoms with Crippen molar-refractivity contribution in [1.82, 2.24) is 41.2 Å². The lowest BCUT2D eigenvalue weighted by Crippen LogP contribution is -2.53. The summed E-state index contributed by atoms with van der Waals surface area (Å²) < 4.78 is 0. The molecule has 0 fully saturated rings. The van der Waals surface area contributed by atoms with E-state index in [9.17, 15) is 9.59 Å². The number of likely N-dealkylation sites (N-methyl/N-ethyl adjacent to an activating group) is 2. The van der Waals surface area contributed by atoms with E-state index < -0.39 is 11.1 Å². The largest absolute Gasteiger partial charge is 0.346 e. The normalized spacial score (nSPS) is 14.0. The second kappa shape index (κ2) is 13.7. The van der Waals surface area contributed by atoms with Gasteiger partial charge in [-0.15, -0.1) is 0 Å². The van der Waals surface area contributed by atoms with Crippen LogP contribution in [0.1, 0.15) is 93.0 Å². The Morgan fingerprint density at radius 1 is 0.542 bits per heavy atom. The minimum Gasteiger partial charge on any atom is -0.346 e. The van der Waals surface area contributed by atoms with Crippen LogP contribution in [0.2, 0.25) is 0 Å². The van der Waals surface area contributed by atoms with E-state index >= 15 is 0 Å². The lowest BCUT2D eigenvalue weighted by atomic mass is 9.85. The first-order valence-corrected chi connectivity index (χ1v) is 16.6. The molecule has 0 radical (unpaired) electrons. The molecule has 6 N–H and O–H groups in total. The van der Waals surface area contributed by atoms with Crippen molar-refractivity contribution in [2.75, 3.05) is 14.1 Å². The maximum atomic E-state index is 13.0. The lowest BCUT2D eigenvalue weighted by Gasteiger charge is -2.33. The third-order valence-corrected chi connectivity index (χ3v) is 9.11. The highest BCUT2D eigenvalue weighted by atomic mass is 16.2. The van der Waals surface area contributed by atoms with Gasteiger partial charge in [-0.1, -0.05) is 90.1 Å². The Kier molecular flexibility index (Phi) is 10.4.